The Morgan fingerprint density at radius 1 is 1.27 bits per heavy atom. The number of ether oxygens (including phenoxy) is 1. The van der Waals surface area contributed by atoms with Crippen LogP contribution in [0.2, 0.25) is 0 Å². The Morgan fingerprint density at radius 2 is 1.91 bits per heavy atom. The molecule has 0 fully saturated rings. The molecule has 0 saturated heterocycles. The Kier molecular flexibility index (Phi) is 6.36. The molecule has 1 atom stereocenters. The number of primary amides is 1. The van der Waals surface area contributed by atoms with Crippen molar-refractivity contribution in [3.8, 4) is 5.75 Å². The smallest absolute Gasteiger partial charge is 0.239 e. The molecule has 0 bridgehead atoms. The highest BCUT2D eigenvalue weighted by Gasteiger charge is 2.31. The Balaban J connectivity index is 2.85. The standard InChI is InChI=1S/C14H20N2O5S/c1-3-12(14(15)18)22(19,20)9-13(17)16-10-7-5-6-8-11(10)21-4-2/h5-8,12H,3-4,9H2,1-2H3,(H2,15,18)(H,16,17). The third-order valence-corrected chi connectivity index (χ3v) is 5.01. The van der Waals surface area contributed by atoms with Crippen molar-refractivity contribution in [3.05, 3.63) is 24.3 Å². The molecule has 1 aromatic rings. The highest BCUT2D eigenvalue weighted by atomic mass is 32.2. The molecular weight excluding hydrogens is 308 g/mol. The van der Waals surface area contributed by atoms with E-state index in [1.165, 1.54) is 6.92 Å². The van der Waals surface area contributed by atoms with Crippen LogP contribution in [0, 0.1) is 0 Å². The van der Waals surface area contributed by atoms with Crippen molar-refractivity contribution >= 4 is 27.3 Å². The molecule has 7 nitrogen and oxygen atoms in total. The summed E-state index contributed by atoms with van der Waals surface area (Å²) in [6, 6.07) is 6.68. The minimum Gasteiger partial charge on any atom is -0.492 e. The van der Waals surface area contributed by atoms with Gasteiger partial charge in [0.25, 0.3) is 0 Å². The van der Waals surface area contributed by atoms with Gasteiger partial charge in [-0.1, -0.05) is 19.1 Å². The third kappa shape index (κ3) is 4.73. The van der Waals surface area contributed by atoms with Gasteiger partial charge >= 0.3 is 0 Å². The van der Waals surface area contributed by atoms with Crippen LogP contribution in [0.5, 0.6) is 5.75 Å². The van der Waals surface area contributed by atoms with E-state index in [1.807, 2.05) is 0 Å². The maximum atomic E-state index is 12.0. The SMILES string of the molecule is CCOc1ccccc1NC(=O)CS(=O)(=O)C(CC)C(N)=O. The van der Waals surface area contributed by atoms with Gasteiger partial charge in [0.15, 0.2) is 9.84 Å². The van der Waals surface area contributed by atoms with Gasteiger partial charge in [0, 0.05) is 0 Å². The van der Waals surface area contributed by atoms with E-state index in [2.05, 4.69) is 5.32 Å². The lowest BCUT2D eigenvalue weighted by Gasteiger charge is -2.14. The number of rotatable bonds is 8. The molecule has 1 rings (SSSR count). The fraction of sp³-hybridized carbons (Fsp3) is 0.429. The van der Waals surface area contributed by atoms with E-state index in [0.717, 1.165) is 0 Å². The zero-order chi connectivity index (χ0) is 16.8. The second kappa shape index (κ2) is 7.79. The van der Waals surface area contributed by atoms with Gasteiger partial charge < -0.3 is 15.8 Å². The van der Waals surface area contributed by atoms with Crippen LogP contribution in [0.15, 0.2) is 24.3 Å². The van der Waals surface area contributed by atoms with Crippen LogP contribution < -0.4 is 15.8 Å². The first-order valence-electron chi connectivity index (χ1n) is 6.84. The van der Waals surface area contributed by atoms with Crippen molar-refractivity contribution in [2.75, 3.05) is 17.7 Å². The van der Waals surface area contributed by atoms with E-state index < -0.39 is 32.7 Å². The average Bonchev–Trinajstić information content (AvgIpc) is 2.40. The van der Waals surface area contributed by atoms with Gasteiger partial charge in [-0.25, -0.2) is 8.42 Å². The number of hydrogen-bond acceptors (Lipinski definition) is 5. The van der Waals surface area contributed by atoms with Crippen LogP contribution in [0.1, 0.15) is 20.3 Å². The number of nitrogens with two attached hydrogens (primary N) is 1. The summed E-state index contributed by atoms with van der Waals surface area (Å²) < 4.78 is 29.4. The molecule has 0 aromatic heterocycles. The maximum Gasteiger partial charge on any atom is 0.239 e. The molecule has 3 N–H and O–H groups in total. The number of carbonyl (C=O) groups is 2. The molecular formula is C14H20N2O5S. The summed E-state index contributed by atoms with van der Waals surface area (Å²) in [5, 5.41) is 1.11. The van der Waals surface area contributed by atoms with Crippen molar-refractivity contribution in [2.24, 2.45) is 5.73 Å². The van der Waals surface area contributed by atoms with E-state index >= 15 is 0 Å². The second-order valence-corrected chi connectivity index (χ2v) is 6.77. The van der Waals surface area contributed by atoms with Gasteiger partial charge in [-0.15, -0.1) is 0 Å². The fourth-order valence-corrected chi connectivity index (χ4v) is 3.45. The molecule has 1 unspecified atom stereocenters. The molecule has 0 saturated carbocycles. The molecule has 2 amide bonds. The van der Waals surface area contributed by atoms with Crippen LogP contribution in [0.25, 0.3) is 0 Å². The van der Waals surface area contributed by atoms with Gasteiger partial charge in [-0.3, -0.25) is 9.59 Å². The molecule has 8 heteroatoms. The lowest BCUT2D eigenvalue weighted by Crippen LogP contribution is -2.39. The number of nitrogens with one attached hydrogen (secondary N) is 1. The minimum absolute atomic E-state index is 0.0283. The van der Waals surface area contributed by atoms with Crippen LogP contribution in [-0.2, 0) is 19.4 Å². The topological polar surface area (TPSA) is 116 Å². The van der Waals surface area contributed by atoms with E-state index in [4.69, 9.17) is 10.5 Å². The Morgan fingerprint density at radius 3 is 2.45 bits per heavy atom. The zero-order valence-corrected chi connectivity index (χ0v) is 13.4. The van der Waals surface area contributed by atoms with Crippen LogP contribution in [0.4, 0.5) is 5.69 Å². The third-order valence-electron chi connectivity index (χ3n) is 2.91. The summed E-state index contributed by atoms with van der Waals surface area (Å²) in [5.41, 5.74) is 5.43. The molecule has 0 aliphatic heterocycles. The van der Waals surface area contributed by atoms with Gasteiger partial charge in [0.1, 0.15) is 16.8 Å². The molecule has 0 aliphatic carbocycles. The predicted molar refractivity (Wildman–Crippen MR) is 83.3 cm³/mol. The first-order valence-corrected chi connectivity index (χ1v) is 8.55. The van der Waals surface area contributed by atoms with Crippen LogP contribution in [-0.4, -0.2) is 37.8 Å². The summed E-state index contributed by atoms with van der Waals surface area (Å²) in [5.74, 6) is -2.07. The Bertz CT molecular complexity index is 642. The number of carbonyl (C=O) groups excluding carboxylic acids is 2. The van der Waals surface area contributed by atoms with Gasteiger partial charge in [0.2, 0.25) is 11.8 Å². The number of sulfone groups is 1. The molecule has 0 aliphatic rings. The second-order valence-electron chi connectivity index (χ2n) is 4.58. The van der Waals surface area contributed by atoms with E-state index in [0.29, 0.717) is 18.0 Å². The minimum atomic E-state index is -3.94. The first kappa shape index (κ1) is 18.0. The maximum absolute atomic E-state index is 12.0. The molecule has 0 heterocycles. The summed E-state index contributed by atoms with van der Waals surface area (Å²) in [7, 11) is -3.94. The van der Waals surface area contributed by atoms with Gasteiger partial charge in [-0.05, 0) is 25.5 Å². The predicted octanol–water partition coefficient (Wildman–Crippen LogP) is 0.703. The number of amides is 2. The van der Waals surface area contributed by atoms with Crippen molar-refractivity contribution in [1.29, 1.82) is 0 Å². The van der Waals surface area contributed by atoms with Crippen LogP contribution in [0.3, 0.4) is 0 Å². The highest BCUT2D eigenvalue weighted by Crippen LogP contribution is 2.23. The van der Waals surface area contributed by atoms with Crippen molar-refractivity contribution in [1.82, 2.24) is 0 Å². The number of anilines is 1. The fourth-order valence-electron chi connectivity index (χ4n) is 1.95. The van der Waals surface area contributed by atoms with E-state index in [9.17, 15) is 18.0 Å². The molecule has 1 aromatic carbocycles. The quantitative estimate of drug-likeness (QED) is 0.729. The molecule has 0 radical (unpaired) electrons. The summed E-state index contributed by atoms with van der Waals surface area (Å²) in [6.07, 6.45) is 0.0283. The van der Waals surface area contributed by atoms with Gasteiger partial charge in [0.05, 0.1) is 12.3 Å². The van der Waals surface area contributed by atoms with E-state index in [1.54, 1.807) is 31.2 Å². The zero-order valence-electron chi connectivity index (χ0n) is 12.5. The largest absolute Gasteiger partial charge is 0.492 e. The Labute approximate surface area is 129 Å². The van der Waals surface area contributed by atoms with Crippen molar-refractivity contribution in [2.45, 2.75) is 25.5 Å². The highest BCUT2D eigenvalue weighted by molar-refractivity contribution is 7.93. The number of hydrogen-bond donors (Lipinski definition) is 2. The van der Waals surface area contributed by atoms with Crippen LogP contribution >= 0.6 is 0 Å². The Hall–Kier alpha value is -2.09. The summed E-state index contributed by atoms with van der Waals surface area (Å²) in [4.78, 5) is 23.1. The molecule has 0 spiro atoms. The molecule has 122 valence electrons. The summed E-state index contributed by atoms with van der Waals surface area (Å²) in [6.45, 7) is 3.72. The summed E-state index contributed by atoms with van der Waals surface area (Å²) >= 11 is 0. The number of benzene rings is 1. The lowest BCUT2D eigenvalue weighted by molar-refractivity contribution is -0.117. The van der Waals surface area contributed by atoms with Gasteiger partial charge in [-0.2, -0.15) is 0 Å². The van der Waals surface area contributed by atoms with Crippen molar-refractivity contribution < 1.29 is 22.7 Å². The first-order chi connectivity index (χ1) is 10.3. The normalized spacial score (nSPS) is 12.5. The van der Waals surface area contributed by atoms with E-state index in [-0.39, 0.29) is 6.42 Å². The lowest BCUT2D eigenvalue weighted by atomic mass is 10.3. The molecule has 22 heavy (non-hydrogen) atoms. The monoisotopic (exact) mass is 328 g/mol. The van der Waals surface area contributed by atoms with Crippen molar-refractivity contribution in [3.63, 3.8) is 0 Å². The average molecular weight is 328 g/mol. The number of para-hydroxylation sites is 2.